The van der Waals surface area contributed by atoms with Crippen molar-refractivity contribution in [3.63, 3.8) is 0 Å². The summed E-state index contributed by atoms with van der Waals surface area (Å²) in [4.78, 5) is 14.4. The van der Waals surface area contributed by atoms with Gasteiger partial charge in [0, 0.05) is 18.2 Å². The SMILES string of the molecule is COc1ccc(CN(C)CC(=O)NC2(C#N)CCCCCC2)c(OC)c1. The van der Waals surface area contributed by atoms with Crippen molar-refractivity contribution in [2.75, 3.05) is 27.8 Å². The molecule has 142 valence electrons. The van der Waals surface area contributed by atoms with Crippen LogP contribution in [0.1, 0.15) is 44.1 Å². The van der Waals surface area contributed by atoms with Crippen molar-refractivity contribution in [1.82, 2.24) is 10.2 Å². The Morgan fingerprint density at radius 2 is 1.92 bits per heavy atom. The zero-order valence-corrected chi connectivity index (χ0v) is 16.0. The van der Waals surface area contributed by atoms with Crippen molar-refractivity contribution in [3.05, 3.63) is 23.8 Å². The average Bonchev–Trinajstić information content (AvgIpc) is 2.87. The fraction of sp³-hybridized carbons (Fsp3) is 0.600. The number of methoxy groups -OCH3 is 2. The molecule has 2 rings (SSSR count). The summed E-state index contributed by atoms with van der Waals surface area (Å²) in [5.74, 6) is 1.35. The minimum atomic E-state index is -0.702. The molecule has 0 spiro atoms. The van der Waals surface area contributed by atoms with Crippen molar-refractivity contribution in [3.8, 4) is 17.6 Å². The predicted molar refractivity (Wildman–Crippen MR) is 100 cm³/mol. The molecule has 0 heterocycles. The van der Waals surface area contributed by atoms with Crippen LogP contribution < -0.4 is 14.8 Å². The molecule has 0 unspecified atom stereocenters. The van der Waals surface area contributed by atoms with Crippen LogP contribution >= 0.6 is 0 Å². The number of nitriles is 1. The Kier molecular flexibility index (Phi) is 7.28. The minimum Gasteiger partial charge on any atom is -0.497 e. The number of amides is 1. The molecule has 6 heteroatoms. The molecule has 1 aliphatic carbocycles. The molecular formula is C20H29N3O3. The number of carbonyl (C=O) groups excluding carboxylic acids is 1. The van der Waals surface area contributed by atoms with Crippen LogP contribution in [0, 0.1) is 11.3 Å². The van der Waals surface area contributed by atoms with Crippen LogP contribution in [0.15, 0.2) is 18.2 Å². The summed E-state index contributed by atoms with van der Waals surface area (Å²) >= 11 is 0. The van der Waals surface area contributed by atoms with E-state index in [2.05, 4.69) is 11.4 Å². The second-order valence-electron chi connectivity index (χ2n) is 7.01. The van der Waals surface area contributed by atoms with Crippen LogP contribution in [0.2, 0.25) is 0 Å². The Morgan fingerprint density at radius 3 is 2.50 bits per heavy atom. The summed E-state index contributed by atoms with van der Waals surface area (Å²) in [5.41, 5.74) is 0.278. The summed E-state index contributed by atoms with van der Waals surface area (Å²) in [5, 5.41) is 12.6. The van der Waals surface area contributed by atoms with E-state index in [0.717, 1.165) is 55.6 Å². The van der Waals surface area contributed by atoms with Gasteiger partial charge in [0.15, 0.2) is 0 Å². The van der Waals surface area contributed by atoms with Gasteiger partial charge >= 0.3 is 0 Å². The van der Waals surface area contributed by atoms with E-state index >= 15 is 0 Å². The molecular weight excluding hydrogens is 330 g/mol. The number of ether oxygens (including phenoxy) is 2. The molecule has 0 bridgehead atoms. The molecule has 0 saturated heterocycles. The van der Waals surface area contributed by atoms with E-state index in [-0.39, 0.29) is 12.5 Å². The monoisotopic (exact) mass is 359 g/mol. The Labute approximate surface area is 156 Å². The molecule has 1 aromatic rings. The average molecular weight is 359 g/mol. The third kappa shape index (κ3) is 5.37. The highest BCUT2D eigenvalue weighted by atomic mass is 16.5. The van der Waals surface area contributed by atoms with Crippen molar-refractivity contribution in [2.24, 2.45) is 0 Å². The molecule has 0 aliphatic heterocycles. The van der Waals surface area contributed by atoms with E-state index in [0.29, 0.717) is 6.54 Å². The van der Waals surface area contributed by atoms with E-state index < -0.39 is 5.54 Å². The lowest BCUT2D eigenvalue weighted by Gasteiger charge is -2.27. The van der Waals surface area contributed by atoms with Gasteiger partial charge in [-0.05, 0) is 26.0 Å². The van der Waals surface area contributed by atoms with E-state index in [9.17, 15) is 10.1 Å². The van der Waals surface area contributed by atoms with Crippen molar-refractivity contribution >= 4 is 5.91 Å². The highest BCUT2D eigenvalue weighted by molar-refractivity contribution is 5.79. The van der Waals surface area contributed by atoms with Gasteiger partial charge in [-0.2, -0.15) is 5.26 Å². The molecule has 1 saturated carbocycles. The van der Waals surface area contributed by atoms with Gasteiger partial charge in [0.1, 0.15) is 17.0 Å². The molecule has 1 N–H and O–H groups in total. The van der Waals surface area contributed by atoms with Gasteiger partial charge in [0.2, 0.25) is 5.91 Å². The van der Waals surface area contributed by atoms with E-state index in [1.54, 1.807) is 14.2 Å². The van der Waals surface area contributed by atoms with Crippen LogP contribution in [-0.2, 0) is 11.3 Å². The second-order valence-corrected chi connectivity index (χ2v) is 7.01. The van der Waals surface area contributed by atoms with Gasteiger partial charge in [-0.25, -0.2) is 0 Å². The Hall–Kier alpha value is -2.26. The van der Waals surface area contributed by atoms with Crippen molar-refractivity contribution < 1.29 is 14.3 Å². The molecule has 1 aromatic carbocycles. The molecule has 6 nitrogen and oxygen atoms in total. The Bertz CT molecular complexity index is 646. The van der Waals surface area contributed by atoms with Crippen LogP contribution in [-0.4, -0.2) is 44.2 Å². The fourth-order valence-corrected chi connectivity index (χ4v) is 3.48. The lowest BCUT2D eigenvalue weighted by atomic mass is 9.92. The maximum atomic E-state index is 12.5. The van der Waals surface area contributed by atoms with Gasteiger partial charge in [-0.3, -0.25) is 9.69 Å². The first-order valence-electron chi connectivity index (χ1n) is 9.13. The lowest BCUT2D eigenvalue weighted by molar-refractivity contribution is -0.123. The highest BCUT2D eigenvalue weighted by Crippen LogP contribution is 2.27. The van der Waals surface area contributed by atoms with Gasteiger partial charge in [0.05, 0.1) is 26.8 Å². The summed E-state index contributed by atoms with van der Waals surface area (Å²) in [6, 6.07) is 8.01. The maximum Gasteiger partial charge on any atom is 0.235 e. The number of hydrogen-bond donors (Lipinski definition) is 1. The highest BCUT2D eigenvalue weighted by Gasteiger charge is 2.32. The summed E-state index contributed by atoms with van der Waals surface area (Å²) in [7, 11) is 5.12. The second kappa shape index (κ2) is 9.44. The molecule has 0 atom stereocenters. The van der Waals surface area contributed by atoms with E-state index in [4.69, 9.17) is 9.47 Å². The number of carbonyl (C=O) groups is 1. The lowest BCUT2D eigenvalue weighted by Crippen LogP contribution is -2.50. The quantitative estimate of drug-likeness (QED) is 0.758. The van der Waals surface area contributed by atoms with Crippen LogP contribution in [0.25, 0.3) is 0 Å². The van der Waals surface area contributed by atoms with Crippen molar-refractivity contribution in [2.45, 2.75) is 50.6 Å². The summed E-state index contributed by atoms with van der Waals surface area (Å²) in [6.45, 7) is 0.804. The largest absolute Gasteiger partial charge is 0.497 e. The first-order valence-corrected chi connectivity index (χ1v) is 9.13. The summed E-state index contributed by atoms with van der Waals surface area (Å²) < 4.78 is 10.6. The van der Waals surface area contributed by atoms with Crippen LogP contribution in [0.4, 0.5) is 0 Å². The zero-order valence-electron chi connectivity index (χ0n) is 16.0. The third-order valence-corrected chi connectivity index (χ3v) is 4.90. The molecule has 0 radical (unpaired) electrons. The predicted octanol–water partition coefficient (Wildman–Crippen LogP) is 2.87. The zero-order chi connectivity index (χ0) is 19.0. The number of nitrogens with zero attached hydrogens (tertiary/aromatic N) is 2. The number of benzene rings is 1. The van der Waals surface area contributed by atoms with E-state index in [1.807, 2.05) is 30.1 Å². The van der Waals surface area contributed by atoms with E-state index in [1.165, 1.54) is 0 Å². The van der Waals surface area contributed by atoms with Gasteiger partial charge in [0.25, 0.3) is 0 Å². The normalized spacial score (nSPS) is 16.4. The van der Waals surface area contributed by atoms with Gasteiger partial charge < -0.3 is 14.8 Å². The molecule has 1 aliphatic rings. The number of hydrogen-bond acceptors (Lipinski definition) is 5. The standard InChI is InChI=1S/C20H29N3O3/c1-23(13-16-8-9-17(25-2)12-18(16)26-3)14-19(24)22-20(15-21)10-6-4-5-7-11-20/h8-9,12H,4-7,10-11,13-14H2,1-3H3,(H,22,24). The molecule has 1 amide bonds. The smallest absolute Gasteiger partial charge is 0.235 e. The minimum absolute atomic E-state index is 0.108. The number of nitrogens with one attached hydrogen (secondary N) is 1. The Morgan fingerprint density at radius 1 is 1.23 bits per heavy atom. The fourth-order valence-electron chi connectivity index (χ4n) is 3.48. The van der Waals surface area contributed by atoms with Crippen LogP contribution in [0.3, 0.4) is 0 Å². The first kappa shape index (κ1) is 20.1. The maximum absolute atomic E-state index is 12.5. The third-order valence-electron chi connectivity index (χ3n) is 4.90. The molecule has 26 heavy (non-hydrogen) atoms. The van der Waals surface area contributed by atoms with Gasteiger partial charge in [-0.15, -0.1) is 0 Å². The molecule has 1 fully saturated rings. The first-order chi connectivity index (χ1) is 12.5. The number of likely N-dealkylation sites (N-methyl/N-ethyl adjacent to an activating group) is 1. The van der Waals surface area contributed by atoms with Gasteiger partial charge in [-0.1, -0.05) is 31.7 Å². The van der Waals surface area contributed by atoms with Crippen molar-refractivity contribution in [1.29, 1.82) is 5.26 Å². The topological polar surface area (TPSA) is 74.6 Å². The molecule has 0 aromatic heterocycles. The number of rotatable bonds is 7. The van der Waals surface area contributed by atoms with Crippen LogP contribution in [0.5, 0.6) is 11.5 Å². The Balaban J connectivity index is 1.95. The summed E-state index contributed by atoms with van der Waals surface area (Å²) in [6.07, 6.45) is 5.74.